The number of ether oxygens (including phenoxy) is 1. The van der Waals surface area contributed by atoms with Crippen LogP contribution in [0.15, 0.2) is 18.2 Å². The molecule has 2 N–H and O–H groups in total. The molecule has 1 aliphatic rings. The van der Waals surface area contributed by atoms with Crippen molar-refractivity contribution < 1.29 is 9.53 Å². The predicted octanol–water partition coefficient (Wildman–Crippen LogP) is 1.32. The first-order chi connectivity index (χ1) is 7.93. The maximum Gasteiger partial charge on any atom is 0.246 e. The molecule has 0 atom stereocenters. The molecule has 0 unspecified atom stereocenters. The summed E-state index contributed by atoms with van der Waals surface area (Å²) in [6, 6.07) is 5.77. The van der Waals surface area contributed by atoms with Crippen molar-refractivity contribution in [3.63, 3.8) is 0 Å². The number of hydrogen-bond acceptors (Lipinski definition) is 3. The van der Waals surface area contributed by atoms with Crippen LogP contribution in [-0.2, 0) is 11.2 Å². The maximum atomic E-state index is 12.2. The number of carbonyl (C=O) groups is 1. The van der Waals surface area contributed by atoms with Gasteiger partial charge in [-0.2, -0.15) is 0 Å². The average Bonchev–Trinajstić information content (AvgIpc) is 2.69. The Morgan fingerprint density at radius 3 is 2.76 bits per heavy atom. The lowest BCUT2D eigenvalue weighted by Gasteiger charge is -2.26. The van der Waals surface area contributed by atoms with Crippen molar-refractivity contribution in [2.75, 3.05) is 18.6 Å². The number of nitrogens with two attached hydrogens (primary N) is 1. The highest BCUT2D eigenvalue weighted by Gasteiger charge is 2.32. The average molecular weight is 234 g/mol. The molecule has 4 heteroatoms. The van der Waals surface area contributed by atoms with Gasteiger partial charge in [0.05, 0.1) is 12.6 Å². The van der Waals surface area contributed by atoms with E-state index in [1.54, 1.807) is 25.9 Å². The molecule has 0 saturated heterocycles. The minimum atomic E-state index is -0.832. The number of methoxy groups -OCH3 is 1. The molecule has 0 saturated carbocycles. The van der Waals surface area contributed by atoms with E-state index < -0.39 is 5.54 Å². The number of nitrogens with zero attached hydrogens (tertiary/aromatic N) is 1. The number of anilines is 1. The smallest absolute Gasteiger partial charge is 0.246 e. The number of hydrogen-bond donors (Lipinski definition) is 1. The standard InChI is InChI=1S/C13H18N2O2/c1-13(2,14)12(16)15-7-6-9-8-10(17-3)4-5-11(9)15/h4-5,8H,6-7,14H2,1-3H3. The zero-order valence-corrected chi connectivity index (χ0v) is 10.5. The van der Waals surface area contributed by atoms with E-state index in [1.807, 2.05) is 18.2 Å². The Labute approximate surface area is 101 Å². The largest absolute Gasteiger partial charge is 0.497 e. The third-order valence-corrected chi connectivity index (χ3v) is 2.98. The number of carbonyl (C=O) groups excluding carboxylic acids is 1. The third-order valence-electron chi connectivity index (χ3n) is 2.98. The molecule has 92 valence electrons. The highest BCUT2D eigenvalue weighted by Crippen LogP contribution is 2.32. The molecule has 0 fully saturated rings. The molecule has 0 spiro atoms. The van der Waals surface area contributed by atoms with Gasteiger partial charge in [-0.3, -0.25) is 4.79 Å². The lowest BCUT2D eigenvalue weighted by Crippen LogP contribution is -2.50. The lowest BCUT2D eigenvalue weighted by atomic mass is 10.1. The van der Waals surface area contributed by atoms with Gasteiger partial charge in [0.1, 0.15) is 5.75 Å². The summed E-state index contributed by atoms with van der Waals surface area (Å²) < 4.78 is 5.17. The predicted molar refractivity (Wildman–Crippen MR) is 67.3 cm³/mol. The minimum Gasteiger partial charge on any atom is -0.497 e. The fourth-order valence-electron chi connectivity index (χ4n) is 2.06. The Bertz CT molecular complexity index is 449. The van der Waals surface area contributed by atoms with Crippen molar-refractivity contribution >= 4 is 11.6 Å². The van der Waals surface area contributed by atoms with Crippen LogP contribution in [0.4, 0.5) is 5.69 Å². The highest BCUT2D eigenvalue weighted by atomic mass is 16.5. The van der Waals surface area contributed by atoms with Gasteiger partial charge >= 0.3 is 0 Å². The summed E-state index contributed by atoms with van der Waals surface area (Å²) in [6.45, 7) is 4.16. The summed E-state index contributed by atoms with van der Waals surface area (Å²) in [4.78, 5) is 13.9. The Morgan fingerprint density at radius 2 is 2.18 bits per heavy atom. The van der Waals surface area contributed by atoms with E-state index in [2.05, 4.69) is 0 Å². The monoisotopic (exact) mass is 234 g/mol. The molecule has 2 rings (SSSR count). The normalized spacial score (nSPS) is 14.7. The van der Waals surface area contributed by atoms with Gasteiger partial charge in [0.15, 0.2) is 0 Å². The summed E-state index contributed by atoms with van der Waals surface area (Å²) in [5.74, 6) is 0.784. The topological polar surface area (TPSA) is 55.6 Å². The van der Waals surface area contributed by atoms with Crippen molar-refractivity contribution in [3.8, 4) is 5.75 Å². The van der Waals surface area contributed by atoms with Crippen LogP contribution in [0.2, 0.25) is 0 Å². The van der Waals surface area contributed by atoms with Crippen LogP contribution in [0.5, 0.6) is 5.75 Å². The second-order valence-corrected chi connectivity index (χ2v) is 4.92. The van der Waals surface area contributed by atoms with Gasteiger partial charge in [-0.05, 0) is 44.0 Å². The maximum absolute atomic E-state index is 12.2. The van der Waals surface area contributed by atoms with Crippen molar-refractivity contribution in [3.05, 3.63) is 23.8 Å². The Balaban J connectivity index is 2.32. The fraction of sp³-hybridized carbons (Fsp3) is 0.462. The van der Waals surface area contributed by atoms with Crippen LogP contribution >= 0.6 is 0 Å². The summed E-state index contributed by atoms with van der Waals surface area (Å²) >= 11 is 0. The third kappa shape index (κ3) is 2.13. The quantitative estimate of drug-likeness (QED) is 0.839. The van der Waals surface area contributed by atoms with Crippen molar-refractivity contribution in [2.45, 2.75) is 25.8 Å². The summed E-state index contributed by atoms with van der Waals surface area (Å²) in [5.41, 5.74) is 7.12. The molecule has 4 nitrogen and oxygen atoms in total. The number of fused-ring (bicyclic) bond motifs is 1. The molecule has 1 heterocycles. The molecule has 17 heavy (non-hydrogen) atoms. The Morgan fingerprint density at radius 1 is 1.47 bits per heavy atom. The Kier molecular flexibility index (Phi) is 2.83. The van der Waals surface area contributed by atoms with E-state index in [0.29, 0.717) is 6.54 Å². The second-order valence-electron chi connectivity index (χ2n) is 4.92. The van der Waals surface area contributed by atoms with Crippen molar-refractivity contribution in [1.29, 1.82) is 0 Å². The first-order valence-electron chi connectivity index (χ1n) is 5.71. The molecular formula is C13H18N2O2. The van der Waals surface area contributed by atoms with Crippen LogP contribution in [0.25, 0.3) is 0 Å². The molecule has 0 radical (unpaired) electrons. The van der Waals surface area contributed by atoms with Gasteiger partial charge in [-0.25, -0.2) is 0 Å². The SMILES string of the molecule is COc1ccc2c(c1)CCN2C(=O)C(C)(C)N. The van der Waals surface area contributed by atoms with Gasteiger partial charge in [-0.1, -0.05) is 0 Å². The van der Waals surface area contributed by atoms with E-state index in [-0.39, 0.29) is 5.91 Å². The van der Waals surface area contributed by atoms with Gasteiger partial charge in [0.2, 0.25) is 5.91 Å². The zero-order chi connectivity index (χ0) is 12.6. The molecule has 1 aromatic rings. The molecule has 1 aromatic carbocycles. The zero-order valence-electron chi connectivity index (χ0n) is 10.5. The summed E-state index contributed by atoms with van der Waals surface area (Å²) in [5, 5.41) is 0. The molecule has 1 aliphatic heterocycles. The molecule has 0 aliphatic carbocycles. The van der Waals surface area contributed by atoms with Gasteiger partial charge in [0.25, 0.3) is 0 Å². The minimum absolute atomic E-state index is 0.0404. The van der Waals surface area contributed by atoms with Gasteiger partial charge in [-0.15, -0.1) is 0 Å². The lowest BCUT2D eigenvalue weighted by molar-refractivity contribution is -0.122. The second kappa shape index (κ2) is 4.04. The van der Waals surface area contributed by atoms with Crippen LogP contribution in [0.1, 0.15) is 19.4 Å². The first-order valence-corrected chi connectivity index (χ1v) is 5.71. The van der Waals surface area contributed by atoms with Crippen molar-refractivity contribution in [2.24, 2.45) is 5.73 Å². The van der Waals surface area contributed by atoms with Gasteiger partial charge < -0.3 is 15.4 Å². The summed E-state index contributed by atoms with van der Waals surface area (Å²) in [7, 11) is 1.64. The van der Waals surface area contributed by atoms with Crippen molar-refractivity contribution in [1.82, 2.24) is 0 Å². The van der Waals surface area contributed by atoms with E-state index >= 15 is 0 Å². The molecule has 1 amide bonds. The molecule has 0 aromatic heterocycles. The molecule has 0 bridgehead atoms. The first kappa shape index (κ1) is 11.9. The summed E-state index contributed by atoms with van der Waals surface area (Å²) in [6.07, 6.45) is 0.856. The van der Waals surface area contributed by atoms with Crippen LogP contribution in [0, 0.1) is 0 Å². The number of benzene rings is 1. The Hall–Kier alpha value is -1.55. The van der Waals surface area contributed by atoms with Gasteiger partial charge in [0, 0.05) is 12.2 Å². The van der Waals surface area contributed by atoms with E-state index in [0.717, 1.165) is 23.4 Å². The molecular weight excluding hydrogens is 216 g/mol. The van der Waals surface area contributed by atoms with Crippen LogP contribution in [-0.4, -0.2) is 25.1 Å². The van der Waals surface area contributed by atoms with E-state index in [9.17, 15) is 4.79 Å². The highest BCUT2D eigenvalue weighted by molar-refractivity contribution is 6.01. The van der Waals surface area contributed by atoms with E-state index in [4.69, 9.17) is 10.5 Å². The number of amides is 1. The van der Waals surface area contributed by atoms with E-state index in [1.165, 1.54) is 0 Å². The number of rotatable bonds is 2. The van der Waals surface area contributed by atoms with Crippen LogP contribution < -0.4 is 15.4 Å². The van der Waals surface area contributed by atoms with Crippen LogP contribution in [0.3, 0.4) is 0 Å². The fourth-order valence-corrected chi connectivity index (χ4v) is 2.06.